The molecule has 116 valence electrons. The van der Waals surface area contributed by atoms with Crippen LogP contribution in [-0.2, 0) is 9.53 Å². The van der Waals surface area contributed by atoms with Gasteiger partial charge in [-0.1, -0.05) is 6.92 Å². The summed E-state index contributed by atoms with van der Waals surface area (Å²) in [5, 5.41) is 0. The smallest absolute Gasteiger partial charge is 0.311 e. The predicted molar refractivity (Wildman–Crippen MR) is 78.0 cm³/mol. The van der Waals surface area contributed by atoms with Gasteiger partial charge in [-0.05, 0) is 30.9 Å². The Hall–Kier alpha value is -1.75. The molecule has 1 aromatic rings. The van der Waals surface area contributed by atoms with Gasteiger partial charge in [-0.3, -0.25) is 4.79 Å². The summed E-state index contributed by atoms with van der Waals surface area (Å²) in [6.45, 7) is 3.39. The van der Waals surface area contributed by atoms with Crippen molar-refractivity contribution in [3.63, 3.8) is 0 Å². The number of hydrogen-bond acceptors (Lipinski definition) is 5. The van der Waals surface area contributed by atoms with Gasteiger partial charge in [-0.15, -0.1) is 0 Å². The van der Waals surface area contributed by atoms with Gasteiger partial charge in [0.25, 0.3) is 0 Å². The zero-order valence-electron chi connectivity index (χ0n) is 12.6. The lowest BCUT2D eigenvalue weighted by molar-refractivity contribution is -0.134. The number of esters is 1. The maximum Gasteiger partial charge on any atom is 0.311 e. The van der Waals surface area contributed by atoms with Crippen LogP contribution in [0.2, 0.25) is 0 Å². The molecule has 5 nitrogen and oxygen atoms in total. The minimum atomic E-state index is -0.278. The van der Waals surface area contributed by atoms with E-state index >= 15 is 0 Å². The Morgan fingerprint density at radius 2 is 2.00 bits per heavy atom. The zero-order valence-corrected chi connectivity index (χ0v) is 12.6. The molecule has 21 heavy (non-hydrogen) atoms. The number of carbonyl (C=O) groups excluding carboxylic acids is 1. The maximum atomic E-state index is 11.5. The number of methoxy groups -OCH3 is 1. The third-order valence-corrected chi connectivity index (χ3v) is 3.16. The molecule has 0 bridgehead atoms. The molecule has 0 radical (unpaired) electrons. The van der Waals surface area contributed by atoms with Crippen molar-refractivity contribution >= 4 is 5.97 Å². The van der Waals surface area contributed by atoms with Gasteiger partial charge >= 0.3 is 5.97 Å². The van der Waals surface area contributed by atoms with Gasteiger partial charge in [0.15, 0.2) is 11.5 Å². The lowest BCUT2D eigenvalue weighted by Crippen LogP contribution is -2.09. The minimum absolute atomic E-state index is 0.278. The summed E-state index contributed by atoms with van der Waals surface area (Å²) in [5.74, 6) is 2.02. The van der Waals surface area contributed by atoms with E-state index in [0.717, 1.165) is 0 Å². The number of benzene rings is 1. The molecular formula is C16H22O5. The molecular weight excluding hydrogens is 272 g/mol. The second kappa shape index (κ2) is 7.88. The number of hydrogen-bond donors (Lipinski definition) is 0. The number of rotatable bonds is 9. The van der Waals surface area contributed by atoms with Crippen LogP contribution in [0, 0.1) is 5.92 Å². The van der Waals surface area contributed by atoms with Crippen molar-refractivity contribution in [2.45, 2.75) is 26.2 Å². The summed E-state index contributed by atoms with van der Waals surface area (Å²) < 4.78 is 21.5. The first-order chi connectivity index (χ1) is 10.2. The standard InChI is InChI=1S/C16H22O5/c1-3-16(17)21-14-7-6-13(19-9-8-18-2)10-15(14)20-11-12-4-5-12/h6-7,10,12H,3-5,8-9,11H2,1-2H3. The molecule has 1 aliphatic carbocycles. The van der Waals surface area contributed by atoms with Crippen molar-refractivity contribution in [2.75, 3.05) is 26.9 Å². The topological polar surface area (TPSA) is 54.0 Å². The monoisotopic (exact) mass is 294 g/mol. The van der Waals surface area contributed by atoms with Crippen LogP contribution in [-0.4, -0.2) is 32.9 Å². The normalized spacial score (nSPS) is 13.8. The van der Waals surface area contributed by atoms with E-state index in [0.29, 0.717) is 49.4 Å². The van der Waals surface area contributed by atoms with Crippen LogP contribution in [0.4, 0.5) is 0 Å². The highest BCUT2D eigenvalue weighted by Crippen LogP contribution is 2.35. The van der Waals surface area contributed by atoms with Crippen LogP contribution >= 0.6 is 0 Å². The van der Waals surface area contributed by atoms with Gasteiger partial charge in [0, 0.05) is 19.6 Å². The fourth-order valence-corrected chi connectivity index (χ4v) is 1.71. The Balaban J connectivity index is 2.03. The van der Waals surface area contributed by atoms with E-state index in [1.165, 1.54) is 12.8 Å². The second-order valence-corrected chi connectivity index (χ2v) is 5.03. The van der Waals surface area contributed by atoms with E-state index in [9.17, 15) is 4.79 Å². The van der Waals surface area contributed by atoms with Crippen molar-refractivity contribution < 1.29 is 23.7 Å². The van der Waals surface area contributed by atoms with Crippen LogP contribution < -0.4 is 14.2 Å². The average Bonchev–Trinajstić information content (AvgIpc) is 3.31. The van der Waals surface area contributed by atoms with Gasteiger partial charge in [-0.2, -0.15) is 0 Å². The molecule has 0 unspecified atom stereocenters. The molecule has 0 atom stereocenters. The summed E-state index contributed by atoms with van der Waals surface area (Å²) in [6.07, 6.45) is 2.73. The Morgan fingerprint density at radius 1 is 1.19 bits per heavy atom. The molecule has 0 heterocycles. The molecule has 1 aliphatic rings. The summed E-state index contributed by atoms with van der Waals surface area (Å²) in [5.41, 5.74) is 0. The molecule has 1 aromatic carbocycles. The Labute approximate surface area is 125 Å². The van der Waals surface area contributed by atoms with Crippen LogP contribution in [0.25, 0.3) is 0 Å². The van der Waals surface area contributed by atoms with Crippen molar-refractivity contribution in [3.8, 4) is 17.2 Å². The maximum absolute atomic E-state index is 11.5. The van der Waals surface area contributed by atoms with Crippen LogP contribution in [0.15, 0.2) is 18.2 Å². The molecule has 1 fully saturated rings. The first-order valence-electron chi connectivity index (χ1n) is 7.32. The Morgan fingerprint density at radius 3 is 2.67 bits per heavy atom. The van der Waals surface area contributed by atoms with E-state index in [4.69, 9.17) is 18.9 Å². The number of carbonyl (C=O) groups is 1. The van der Waals surface area contributed by atoms with Gasteiger partial charge < -0.3 is 18.9 Å². The van der Waals surface area contributed by atoms with E-state index in [1.54, 1.807) is 32.2 Å². The van der Waals surface area contributed by atoms with E-state index < -0.39 is 0 Å². The highest BCUT2D eigenvalue weighted by molar-refractivity contribution is 5.73. The van der Waals surface area contributed by atoms with Crippen LogP contribution in [0.5, 0.6) is 17.2 Å². The minimum Gasteiger partial charge on any atom is -0.491 e. The first-order valence-corrected chi connectivity index (χ1v) is 7.32. The first kappa shape index (κ1) is 15.6. The van der Waals surface area contributed by atoms with Crippen LogP contribution in [0.1, 0.15) is 26.2 Å². The van der Waals surface area contributed by atoms with Crippen LogP contribution in [0.3, 0.4) is 0 Å². The third-order valence-electron chi connectivity index (χ3n) is 3.16. The quantitative estimate of drug-likeness (QED) is 0.398. The van der Waals surface area contributed by atoms with E-state index in [2.05, 4.69) is 0 Å². The summed E-state index contributed by atoms with van der Waals surface area (Å²) in [7, 11) is 1.63. The summed E-state index contributed by atoms with van der Waals surface area (Å²) in [6, 6.07) is 5.23. The van der Waals surface area contributed by atoms with Gasteiger partial charge in [0.2, 0.25) is 0 Å². The highest BCUT2D eigenvalue weighted by atomic mass is 16.6. The molecule has 1 saturated carbocycles. The lowest BCUT2D eigenvalue weighted by atomic mass is 10.3. The molecule has 0 saturated heterocycles. The average molecular weight is 294 g/mol. The van der Waals surface area contributed by atoms with Crippen molar-refractivity contribution in [3.05, 3.63) is 18.2 Å². The third kappa shape index (κ3) is 5.27. The molecule has 0 spiro atoms. The molecule has 5 heteroatoms. The Kier molecular flexibility index (Phi) is 5.87. The highest BCUT2D eigenvalue weighted by Gasteiger charge is 2.23. The largest absolute Gasteiger partial charge is 0.491 e. The fourth-order valence-electron chi connectivity index (χ4n) is 1.71. The zero-order chi connectivity index (χ0) is 15.1. The molecule has 0 aromatic heterocycles. The van der Waals surface area contributed by atoms with Crippen molar-refractivity contribution in [1.29, 1.82) is 0 Å². The lowest BCUT2D eigenvalue weighted by Gasteiger charge is -2.13. The summed E-state index contributed by atoms with van der Waals surface area (Å²) in [4.78, 5) is 11.5. The van der Waals surface area contributed by atoms with Crippen molar-refractivity contribution in [2.24, 2.45) is 5.92 Å². The van der Waals surface area contributed by atoms with E-state index in [1.807, 2.05) is 0 Å². The van der Waals surface area contributed by atoms with Crippen molar-refractivity contribution in [1.82, 2.24) is 0 Å². The predicted octanol–water partition coefficient (Wildman–Crippen LogP) is 2.82. The van der Waals surface area contributed by atoms with E-state index in [-0.39, 0.29) is 5.97 Å². The van der Waals surface area contributed by atoms with Gasteiger partial charge in [0.05, 0.1) is 13.2 Å². The number of ether oxygens (including phenoxy) is 4. The molecule has 2 rings (SSSR count). The Bertz CT molecular complexity index is 468. The molecule has 0 amide bonds. The molecule has 0 N–H and O–H groups in total. The van der Waals surface area contributed by atoms with Gasteiger partial charge in [-0.25, -0.2) is 0 Å². The second-order valence-electron chi connectivity index (χ2n) is 5.03. The van der Waals surface area contributed by atoms with Gasteiger partial charge in [0.1, 0.15) is 12.4 Å². The molecule has 0 aliphatic heterocycles. The summed E-state index contributed by atoms with van der Waals surface area (Å²) >= 11 is 0. The fraction of sp³-hybridized carbons (Fsp3) is 0.562. The SMILES string of the molecule is CCC(=O)Oc1ccc(OCCOC)cc1OCC1CC1.